The van der Waals surface area contributed by atoms with Crippen molar-refractivity contribution in [3.05, 3.63) is 53.7 Å². The first-order chi connectivity index (χ1) is 12.6. The van der Waals surface area contributed by atoms with Crippen molar-refractivity contribution in [2.45, 2.75) is 57.2 Å². The molecule has 2 aliphatic rings. The summed E-state index contributed by atoms with van der Waals surface area (Å²) in [6.07, 6.45) is 4.52. The number of rotatable bonds is 6. The Hall–Kier alpha value is -2.18. The van der Waals surface area contributed by atoms with E-state index < -0.39 is 0 Å². The molecule has 1 saturated carbocycles. The fraction of sp³-hybridized carbons (Fsp3) is 0.500. The summed E-state index contributed by atoms with van der Waals surface area (Å²) in [7, 11) is 0. The molecule has 4 rings (SSSR count). The van der Waals surface area contributed by atoms with Gasteiger partial charge >= 0.3 is 0 Å². The molecule has 1 saturated heterocycles. The number of benzene rings is 1. The molecule has 2 N–H and O–H groups in total. The van der Waals surface area contributed by atoms with Crippen molar-refractivity contribution in [3.8, 4) is 0 Å². The van der Waals surface area contributed by atoms with Gasteiger partial charge in [0.1, 0.15) is 5.76 Å². The quantitative estimate of drug-likeness (QED) is 0.834. The van der Waals surface area contributed by atoms with Crippen LogP contribution in [0.15, 0.2) is 41.1 Å². The zero-order valence-corrected chi connectivity index (χ0v) is 15.3. The molecule has 0 bridgehead atoms. The molecule has 1 aromatic carbocycles. The maximum atomic E-state index is 13.1. The lowest BCUT2D eigenvalue weighted by molar-refractivity contribution is 0.0680. The smallest absolute Gasteiger partial charge is 0.276 e. The van der Waals surface area contributed by atoms with E-state index in [4.69, 9.17) is 4.42 Å². The van der Waals surface area contributed by atoms with E-state index in [9.17, 15) is 4.79 Å². The first-order valence-corrected chi connectivity index (χ1v) is 9.44. The van der Waals surface area contributed by atoms with Gasteiger partial charge in [-0.15, -0.1) is 0 Å². The van der Waals surface area contributed by atoms with Crippen LogP contribution in [-0.4, -0.2) is 34.4 Å². The summed E-state index contributed by atoms with van der Waals surface area (Å²) in [5.74, 6) is 1.11. The molecular formula is C20H26N4O2. The molecule has 2 unspecified atom stereocenters. The Balaban J connectivity index is 1.44. The van der Waals surface area contributed by atoms with E-state index in [1.807, 2.05) is 24.8 Å². The van der Waals surface area contributed by atoms with E-state index in [1.54, 1.807) is 0 Å². The molecule has 2 heterocycles. The van der Waals surface area contributed by atoms with E-state index >= 15 is 0 Å². The van der Waals surface area contributed by atoms with Crippen LogP contribution in [0.4, 0.5) is 0 Å². The summed E-state index contributed by atoms with van der Waals surface area (Å²) in [6, 6.07) is 11.0. The predicted molar refractivity (Wildman–Crippen MR) is 98.5 cm³/mol. The van der Waals surface area contributed by atoms with Crippen LogP contribution < -0.4 is 10.9 Å². The molecule has 1 aliphatic carbocycles. The molecule has 2 aromatic rings. The minimum Gasteiger partial charge on any atom is -0.447 e. The largest absolute Gasteiger partial charge is 0.447 e. The molecule has 0 spiro atoms. The number of oxazole rings is 1. The molecule has 138 valence electrons. The molecule has 2 atom stereocenters. The van der Waals surface area contributed by atoms with Crippen LogP contribution in [0.3, 0.4) is 0 Å². The van der Waals surface area contributed by atoms with Crippen LogP contribution in [0.5, 0.6) is 0 Å². The first-order valence-electron chi connectivity index (χ1n) is 9.44. The van der Waals surface area contributed by atoms with Crippen LogP contribution in [-0.2, 0) is 0 Å². The van der Waals surface area contributed by atoms with E-state index in [0.717, 1.165) is 25.0 Å². The maximum Gasteiger partial charge on any atom is 0.276 e. The molecule has 1 amide bonds. The van der Waals surface area contributed by atoms with Gasteiger partial charge in [-0.05, 0) is 38.7 Å². The lowest BCUT2D eigenvalue weighted by atomic mass is 10.0. The van der Waals surface area contributed by atoms with Gasteiger partial charge in [0, 0.05) is 30.6 Å². The normalized spacial score (nSPS) is 22.7. The summed E-state index contributed by atoms with van der Waals surface area (Å²) >= 11 is 0. The average molecular weight is 354 g/mol. The molecule has 6 nitrogen and oxygen atoms in total. The van der Waals surface area contributed by atoms with Gasteiger partial charge in [0.15, 0.2) is 12.1 Å². The van der Waals surface area contributed by atoms with Crippen molar-refractivity contribution in [2.24, 2.45) is 0 Å². The van der Waals surface area contributed by atoms with Crippen molar-refractivity contribution in [1.82, 2.24) is 20.7 Å². The van der Waals surface area contributed by atoms with Crippen LogP contribution >= 0.6 is 0 Å². The highest BCUT2D eigenvalue weighted by Gasteiger charge is 2.36. The van der Waals surface area contributed by atoms with Crippen molar-refractivity contribution in [3.63, 3.8) is 0 Å². The molecule has 26 heavy (non-hydrogen) atoms. The van der Waals surface area contributed by atoms with E-state index in [-0.39, 0.29) is 24.0 Å². The van der Waals surface area contributed by atoms with Crippen molar-refractivity contribution in [2.75, 3.05) is 6.54 Å². The Bertz CT molecular complexity index is 754. The standard InChI is InChI=1S/C20H26N4O2/c1-13(2)24(20(25)18-19(15-8-9-15)26-12-21-18)11-16-10-17(23-22-16)14-6-4-3-5-7-14/h3-7,12-13,15-17,22-23H,8-11H2,1-2H3. The van der Waals surface area contributed by atoms with Gasteiger partial charge in [-0.2, -0.15) is 0 Å². The Morgan fingerprint density at radius 2 is 2.04 bits per heavy atom. The van der Waals surface area contributed by atoms with E-state index in [2.05, 4.69) is 40.1 Å². The summed E-state index contributed by atoms with van der Waals surface area (Å²) in [5, 5.41) is 0. The predicted octanol–water partition coefficient (Wildman–Crippen LogP) is 3.01. The lowest BCUT2D eigenvalue weighted by Crippen LogP contribution is -2.46. The highest BCUT2D eigenvalue weighted by Crippen LogP contribution is 2.41. The Morgan fingerprint density at radius 1 is 1.27 bits per heavy atom. The first kappa shape index (κ1) is 17.2. The summed E-state index contributed by atoms with van der Waals surface area (Å²) < 4.78 is 5.50. The minimum atomic E-state index is -0.0272. The Morgan fingerprint density at radius 3 is 2.73 bits per heavy atom. The summed E-state index contributed by atoms with van der Waals surface area (Å²) in [4.78, 5) is 19.2. The van der Waals surface area contributed by atoms with Gasteiger partial charge in [-0.1, -0.05) is 30.3 Å². The molecule has 0 radical (unpaired) electrons. The Labute approximate surface area is 153 Å². The van der Waals surface area contributed by atoms with Gasteiger partial charge in [-0.3, -0.25) is 10.2 Å². The van der Waals surface area contributed by atoms with Gasteiger partial charge < -0.3 is 9.32 Å². The van der Waals surface area contributed by atoms with Gasteiger partial charge in [-0.25, -0.2) is 10.4 Å². The molecule has 2 fully saturated rings. The highest BCUT2D eigenvalue weighted by atomic mass is 16.3. The van der Waals surface area contributed by atoms with Gasteiger partial charge in [0.2, 0.25) is 0 Å². The second kappa shape index (κ2) is 7.21. The average Bonchev–Trinajstić information content (AvgIpc) is 3.19. The molecule has 1 aromatic heterocycles. The number of nitrogens with one attached hydrogen (secondary N) is 2. The van der Waals surface area contributed by atoms with Crippen LogP contribution in [0.1, 0.15) is 66.9 Å². The van der Waals surface area contributed by atoms with Gasteiger partial charge in [0.25, 0.3) is 5.91 Å². The third-order valence-electron chi connectivity index (χ3n) is 5.23. The number of carbonyl (C=O) groups is 1. The number of carbonyl (C=O) groups excluding carboxylic acids is 1. The topological polar surface area (TPSA) is 70.4 Å². The van der Waals surface area contributed by atoms with Crippen molar-refractivity contribution < 1.29 is 9.21 Å². The fourth-order valence-corrected chi connectivity index (χ4v) is 3.60. The minimum absolute atomic E-state index is 0.0272. The third kappa shape index (κ3) is 3.52. The van der Waals surface area contributed by atoms with Gasteiger partial charge in [0.05, 0.1) is 0 Å². The number of nitrogens with zero attached hydrogens (tertiary/aromatic N) is 2. The monoisotopic (exact) mass is 354 g/mol. The summed E-state index contributed by atoms with van der Waals surface area (Å²) in [5.41, 5.74) is 8.47. The Kier molecular flexibility index (Phi) is 4.78. The lowest BCUT2D eigenvalue weighted by Gasteiger charge is -2.28. The molecule has 6 heteroatoms. The van der Waals surface area contributed by atoms with Crippen molar-refractivity contribution in [1.29, 1.82) is 0 Å². The number of aromatic nitrogens is 1. The molecule has 1 aliphatic heterocycles. The van der Waals surface area contributed by atoms with Crippen LogP contribution in [0.2, 0.25) is 0 Å². The van der Waals surface area contributed by atoms with Crippen LogP contribution in [0.25, 0.3) is 0 Å². The number of hydrazine groups is 1. The molecular weight excluding hydrogens is 328 g/mol. The second-order valence-electron chi connectivity index (χ2n) is 7.58. The third-order valence-corrected chi connectivity index (χ3v) is 5.23. The number of amides is 1. The zero-order chi connectivity index (χ0) is 18.1. The summed E-state index contributed by atoms with van der Waals surface area (Å²) in [6.45, 7) is 4.74. The zero-order valence-electron chi connectivity index (χ0n) is 15.3. The van der Waals surface area contributed by atoms with Crippen LogP contribution in [0, 0.1) is 0 Å². The fourth-order valence-electron chi connectivity index (χ4n) is 3.60. The SMILES string of the molecule is CC(C)N(CC1CC(c2ccccc2)NN1)C(=O)c1ncoc1C1CC1. The van der Waals surface area contributed by atoms with Crippen molar-refractivity contribution >= 4 is 5.91 Å². The number of hydrogen-bond donors (Lipinski definition) is 2. The number of hydrogen-bond acceptors (Lipinski definition) is 5. The van der Waals surface area contributed by atoms with E-state index in [0.29, 0.717) is 18.2 Å². The second-order valence-corrected chi connectivity index (χ2v) is 7.58. The maximum absolute atomic E-state index is 13.1. The van der Waals surface area contributed by atoms with E-state index in [1.165, 1.54) is 12.0 Å². The highest BCUT2D eigenvalue weighted by molar-refractivity contribution is 5.93.